The van der Waals surface area contributed by atoms with Crippen LogP contribution in [0.5, 0.6) is 11.5 Å². The second-order valence-corrected chi connectivity index (χ2v) is 6.00. The molecule has 1 atom stereocenters. The van der Waals surface area contributed by atoms with Crippen LogP contribution in [0.2, 0.25) is 0 Å². The van der Waals surface area contributed by atoms with Crippen molar-refractivity contribution in [3.8, 4) is 11.5 Å². The van der Waals surface area contributed by atoms with Gasteiger partial charge in [-0.1, -0.05) is 18.2 Å². The Labute approximate surface area is 158 Å². The second kappa shape index (κ2) is 9.02. The minimum absolute atomic E-state index is 0.0443. The Morgan fingerprint density at radius 1 is 1.15 bits per heavy atom. The Hall–Kier alpha value is -3.09. The smallest absolute Gasteiger partial charge is 0.285 e. The lowest BCUT2D eigenvalue weighted by atomic mass is 10.0. The molecular weight excluding hydrogens is 348 g/mol. The van der Waals surface area contributed by atoms with Gasteiger partial charge in [0.25, 0.3) is 11.6 Å². The summed E-state index contributed by atoms with van der Waals surface area (Å²) in [5.41, 5.74) is 1.12. The molecule has 0 aliphatic carbocycles. The number of nitro groups is 1. The molecule has 0 fully saturated rings. The number of nitro benzene ring substituents is 1. The van der Waals surface area contributed by atoms with Gasteiger partial charge in [0.1, 0.15) is 5.56 Å². The van der Waals surface area contributed by atoms with E-state index in [-0.39, 0.29) is 17.3 Å². The van der Waals surface area contributed by atoms with Gasteiger partial charge in [-0.25, -0.2) is 0 Å². The second-order valence-electron chi connectivity index (χ2n) is 6.00. The van der Waals surface area contributed by atoms with Gasteiger partial charge in [0.2, 0.25) is 0 Å². The summed E-state index contributed by atoms with van der Waals surface area (Å²) in [7, 11) is 0. The van der Waals surface area contributed by atoms with Crippen molar-refractivity contribution in [3.05, 3.63) is 63.2 Å². The molecule has 27 heavy (non-hydrogen) atoms. The molecule has 0 heterocycles. The van der Waals surface area contributed by atoms with E-state index < -0.39 is 10.8 Å². The standard InChI is InChI=1S/C20H24N2O5/c1-5-26-17-11-10-15(12-18(17)27-6-2)14(4)21-20(23)16-9-7-8-13(3)19(16)22(24)25/h7-12,14H,5-6H2,1-4H3,(H,21,23). The van der Waals surface area contributed by atoms with Crippen LogP contribution in [0.1, 0.15) is 48.3 Å². The fourth-order valence-electron chi connectivity index (χ4n) is 2.78. The van der Waals surface area contributed by atoms with Crippen LogP contribution in [0.3, 0.4) is 0 Å². The summed E-state index contributed by atoms with van der Waals surface area (Å²) in [5.74, 6) is 0.736. The van der Waals surface area contributed by atoms with Crippen molar-refractivity contribution in [3.63, 3.8) is 0 Å². The van der Waals surface area contributed by atoms with Crippen molar-refractivity contribution in [1.82, 2.24) is 5.32 Å². The average Bonchev–Trinajstić information content (AvgIpc) is 2.62. The highest BCUT2D eigenvalue weighted by atomic mass is 16.6. The average molecular weight is 372 g/mol. The zero-order valence-corrected chi connectivity index (χ0v) is 15.9. The molecule has 0 aromatic heterocycles. The van der Waals surface area contributed by atoms with Crippen molar-refractivity contribution in [2.24, 2.45) is 0 Å². The number of amides is 1. The number of carbonyl (C=O) groups excluding carboxylic acids is 1. The Kier molecular flexibility index (Phi) is 6.76. The molecular formula is C20H24N2O5. The molecule has 0 aliphatic heterocycles. The Balaban J connectivity index is 2.26. The molecule has 0 radical (unpaired) electrons. The maximum atomic E-state index is 12.6. The number of hydrogen-bond donors (Lipinski definition) is 1. The minimum atomic E-state index is -0.529. The van der Waals surface area contributed by atoms with Crippen LogP contribution in [0.25, 0.3) is 0 Å². The quantitative estimate of drug-likeness (QED) is 0.554. The fraction of sp³-hybridized carbons (Fsp3) is 0.350. The van der Waals surface area contributed by atoms with E-state index in [0.717, 1.165) is 5.56 Å². The van der Waals surface area contributed by atoms with E-state index in [1.54, 1.807) is 25.1 Å². The van der Waals surface area contributed by atoms with Crippen molar-refractivity contribution in [1.29, 1.82) is 0 Å². The number of hydrogen-bond acceptors (Lipinski definition) is 5. The molecule has 0 saturated heterocycles. The van der Waals surface area contributed by atoms with E-state index in [9.17, 15) is 14.9 Å². The molecule has 0 saturated carbocycles. The number of benzene rings is 2. The van der Waals surface area contributed by atoms with E-state index in [0.29, 0.717) is 30.3 Å². The first kappa shape index (κ1) is 20.2. The lowest BCUT2D eigenvalue weighted by molar-refractivity contribution is -0.385. The number of ether oxygens (including phenoxy) is 2. The summed E-state index contributed by atoms with van der Waals surface area (Å²) >= 11 is 0. The topological polar surface area (TPSA) is 90.7 Å². The highest BCUT2D eigenvalue weighted by Gasteiger charge is 2.23. The first-order valence-electron chi connectivity index (χ1n) is 8.83. The summed E-state index contributed by atoms with van der Waals surface area (Å²) in [6, 6.07) is 9.77. The van der Waals surface area contributed by atoms with Crippen LogP contribution < -0.4 is 14.8 Å². The monoisotopic (exact) mass is 372 g/mol. The molecule has 2 aromatic rings. The summed E-state index contributed by atoms with van der Waals surface area (Å²) in [6.07, 6.45) is 0. The molecule has 1 N–H and O–H groups in total. The number of carbonyl (C=O) groups is 1. The SMILES string of the molecule is CCOc1ccc(C(C)NC(=O)c2cccc(C)c2[N+](=O)[O-])cc1OCC. The Morgan fingerprint density at radius 3 is 2.44 bits per heavy atom. The molecule has 0 bridgehead atoms. The van der Waals surface area contributed by atoms with E-state index >= 15 is 0 Å². The van der Waals surface area contributed by atoms with Gasteiger partial charge >= 0.3 is 0 Å². The molecule has 0 spiro atoms. The normalized spacial score (nSPS) is 11.6. The number of para-hydroxylation sites is 1. The summed E-state index contributed by atoms with van der Waals surface area (Å²) in [5, 5.41) is 14.1. The van der Waals surface area contributed by atoms with Gasteiger partial charge < -0.3 is 14.8 Å². The van der Waals surface area contributed by atoms with E-state index in [2.05, 4.69) is 5.32 Å². The van der Waals surface area contributed by atoms with Gasteiger partial charge in [0, 0.05) is 5.56 Å². The number of nitrogens with one attached hydrogen (secondary N) is 1. The van der Waals surface area contributed by atoms with Crippen LogP contribution in [0.15, 0.2) is 36.4 Å². The van der Waals surface area contributed by atoms with Crippen LogP contribution in [-0.2, 0) is 0 Å². The number of rotatable bonds is 8. The predicted octanol–water partition coefficient (Wildman–Crippen LogP) is 4.19. The zero-order chi connectivity index (χ0) is 20.0. The number of nitrogens with zero attached hydrogens (tertiary/aromatic N) is 1. The summed E-state index contributed by atoms with van der Waals surface area (Å²) in [6.45, 7) is 8.19. The van der Waals surface area contributed by atoms with Crippen LogP contribution in [0, 0.1) is 17.0 Å². The first-order chi connectivity index (χ1) is 12.9. The van der Waals surface area contributed by atoms with Crippen LogP contribution in [0.4, 0.5) is 5.69 Å². The van der Waals surface area contributed by atoms with Crippen molar-refractivity contribution in [2.75, 3.05) is 13.2 Å². The zero-order valence-electron chi connectivity index (χ0n) is 15.9. The molecule has 7 heteroatoms. The van der Waals surface area contributed by atoms with Gasteiger partial charge in [-0.15, -0.1) is 0 Å². The lowest BCUT2D eigenvalue weighted by Crippen LogP contribution is -2.27. The Morgan fingerprint density at radius 2 is 1.81 bits per heavy atom. The van der Waals surface area contributed by atoms with Gasteiger partial charge in [-0.2, -0.15) is 0 Å². The maximum absolute atomic E-state index is 12.6. The van der Waals surface area contributed by atoms with Crippen molar-refractivity contribution < 1.29 is 19.2 Å². The largest absolute Gasteiger partial charge is 0.490 e. The van der Waals surface area contributed by atoms with Gasteiger partial charge in [0.15, 0.2) is 11.5 Å². The Bertz CT molecular complexity index is 835. The van der Waals surface area contributed by atoms with Crippen LogP contribution >= 0.6 is 0 Å². The third-order valence-electron chi connectivity index (χ3n) is 4.08. The lowest BCUT2D eigenvalue weighted by Gasteiger charge is -2.17. The van der Waals surface area contributed by atoms with Gasteiger partial charge in [0.05, 0.1) is 24.2 Å². The third-order valence-corrected chi connectivity index (χ3v) is 4.08. The molecule has 0 aliphatic rings. The third kappa shape index (κ3) is 4.75. The fourth-order valence-corrected chi connectivity index (χ4v) is 2.78. The van der Waals surface area contributed by atoms with Gasteiger partial charge in [-0.3, -0.25) is 14.9 Å². The first-order valence-corrected chi connectivity index (χ1v) is 8.83. The molecule has 7 nitrogen and oxygen atoms in total. The highest BCUT2D eigenvalue weighted by Crippen LogP contribution is 2.31. The van der Waals surface area contributed by atoms with Gasteiger partial charge in [-0.05, 0) is 51.5 Å². The molecule has 1 amide bonds. The van der Waals surface area contributed by atoms with Crippen LogP contribution in [-0.4, -0.2) is 24.0 Å². The molecule has 2 aromatic carbocycles. The maximum Gasteiger partial charge on any atom is 0.285 e. The molecule has 1 unspecified atom stereocenters. The van der Waals surface area contributed by atoms with E-state index in [1.807, 2.05) is 32.9 Å². The summed E-state index contributed by atoms with van der Waals surface area (Å²) in [4.78, 5) is 23.4. The predicted molar refractivity (Wildman–Crippen MR) is 102 cm³/mol. The molecule has 2 rings (SSSR count). The minimum Gasteiger partial charge on any atom is -0.490 e. The molecule has 144 valence electrons. The van der Waals surface area contributed by atoms with E-state index in [4.69, 9.17) is 9.47 Å². The van der Waals surface area contributed by atoms with Crippen molar-refractivity contribution in [2.45, 2.75) is 33.7 Å². The van der Waals surface area contributed by atoms with Crippen molar-refractivity contribution >= 4 is 11.6 Å². The van der Waals surface area contributed by atoms with E-state index in [1.165, 1.54) is 6.07 Å². The number of aryl methyl sites for hydroxylation is 1. The highest BCUT2D eigenvalue weighted by molar-refractivity contribution is 5.98. The summed E-state index contributed by atoms with van der Waals surface area (Å²) < 4.78 is 11.2.